The number of sulfonamides is 1. The number of nitrogens with zero attached hydrogens (tertiary/aromatic N) is 3. The standard InChI is InChI=1S/C15H16BrN5O2S/c16-13-3-5-14(6-4-13)24(22,23)20-15-18-10-21(11-19-15)9-12-2-1-7-17-8-12/h1-8H,9-11H2,(H2,18,19,20). The molecule has 0 saturated heterocycles. The molecule has 126 valence electrons. The number of benzene rings is 1. The number of pyridine rings is 1. The van der Waals surface area contributed by atoms with E-state index in [1.165, 1.54) is 12.1 Å². The van der Waals surface area contributed by atoms with Gasteiger partial charge in [0, 0.05) is 23.4 Å². The van der Waals surface area contributed by atoms with Crippen molar-refractivity contribution in [1.29, 1.82) is 0 Å². The van der Waals surface area contributed by atoms with Crippen LogP contribution in [0.1, 0.15) is 5.56 Å². The molecule has 0 fully saturated rings. The lowest BCUT2D eigenvalue weighted by Gasteiger charge is -2.26. The highest BCUT2D eigenvalue weighted by atomic mass is 79.9. The van der Waals surface area contributed by atoms with Crippen molar-refractivity contribution in [3.63, 3.8) is 0 Å². The molecule has 0 unspecified atom stereocenters. The molecular formula is C15H16BrN5O2S. The highest BCUT2D eigenvalue weighted by molar-refractivity contribution is 9.10. The smallest absolute Gasteiger partial charge is 0.264 e. The summed E-state index contributed by atoms with van der Waals surface area (Å²) in [5.74, 6) is 0.250. The Labute approximate surface area is 149 Å². The molecule has 0 atom stereocenters. The van der Waals surface area contributed by atoms with Gasteiger partial charge in [-0.25, -0.2) is 18.1 Å². The number of rotatable bonds is 4. The Hall–Kier alpha value is -1.97. The maximum Gasteiger partial charge on any atom is 0.264 e. The summed E-state index contributed by atoms with van der Waals surface area (Å²) in [5.41, 5.74) is 1.08. The largest absolute Gasteiger partial charge is 0.343 e. The molecule has 7 nitrogen and oxygen atoms in total. The Morgan fingerprint density at radius 3 is 2.67 bits per heavy atom. The zero-order chi connectivity index (χ0) is 17.0. The van der Waals surface area contributed by atoms with Gasteiger partial charge in [-0.1, -0.05) is 22.0 Å². The first kappa shape index (κ1) is 16.9. The molecule has 2 heterocycles. The first-order chi connectivity index (χ1) is 11.5. The second-order valence-corrected chi connectivity index (χ2v) is 7.83. The van der Waals surface area contributed by atoms with E-state index in [4.69, 9.17) is 0 Å². The predicted octanol–water partition coefficient (Wildman–Crippen LogP) is 1.50. The zero-order valence-corrected chi connectivity index (χ0v) is 15.1. The van der Waals surface area contributed by atoms with Crippen molar-refractivity contribution < 1.29 is 8.42 Å². The van der Waals surface area contributed by atoms with Crippen LogP contribution < -0.4 is 10.0 Å². The van der Waals surface area contributed by atoms with Crippen molar-refractivity contribution >= 4 is 31.9 Å². The van der Waals surface area contributed by atoms with Crippen molar-refractivity contribution in [2.45, 2.75) is 11.4 Å². The van der Waals surface area contributed by atoms with E-state index in [1.807, 2.05) is 17.0 Å². The van der Waals surface area contributed by atoms with Gasteiger partial charge in [0.1, 0.15) is 0 Å². The number of aliphatic imine (C=N–C) groups is 1. The molecule has 0 radical (unpaired) electrons. The Balaban J connectivity index is 1.62. The lowest BCUT2D eigenvalue weighted by Crippen LogP contribution is -2.49. The number of nitrogens with one attached hydrogen (secondary N) is 2. The van der Waals surface area contributed by atoms with Crippen LogP contribution >= 0.6 is 15.9 Å². The lowest BCUT2D eigenvalue weighted by atomic mass is 10.3. The van der Waals surface area contributed by atoms with Gasteiger partial charge in [-0.3, -0.25) is 9.88 Å². The van der Waals surface area contributed by atoms with Crippen LogP contribution in [0.4, 0.5) is 0 Å². The van der Waals surface area contributed by atoms with Crippen LogP contribution in [0, 0.1) is 0 Å². The summed E-state index contributed by atoms with van der Waals surface area (Å²) in [4.78, 5) is 10.5. The monoisotopic (exact) mass is 409 g/mol. The van der Waals surface area contributed by atoms with Crippen LogP contribution in [0.5, 0.6) is 0 Å². The molecule has 2 N–H and O–H groups in total. The minimum Gasteiger partial charge on any atom is -0.343 e. The summed E-state index contributed by atoms with van der Waals surface area (Å²) in [6, 6.07) is 10.3. The van der Waals surface area contributed by atoms with Gasteiger partial charge in [-0.2, -0.15) is 0 Å². The van der Waals surface area contributed by atoms with E-state index in [1.54, 1.807) is 24.5 Å². The van der Waals surface area contributed by atoms with Crippen molar-refractivity contribution in [2.24, 2.45) is 4.99 Å². The Kier molecular flexibility index (Phi) is 5.12. The average molecular weight is 410 g/mol. The fourth-order valence-corrected chi connectivity index (χ4v) is 3.46. The van der Waals surface area contributed by atoms with E-state index in [0.29, 0.717) is 19.9 Å². The summed E-state index contributed by atoms with van der Waals surface area (Å²) in [6.45, 7) is 1.59. The van der Waals surface area contributed by atoms with Crippen LogP contribution in [0.2, 0.25) is 0 Å². The zero-order valence-electron chi connectivity index (χ0n) is 12.7. The molecule has 1 aromatic heterocycles. The number of halogens is 1. The summed E-state index contributed by atoms with van der Waals surface area (Å²) in [6.07, 6.45) is 3.53. The maximum absolute atomic E-state index is 12.3. The molecule has 9 heteroatoms. The van der Waals surface area contributed by atoms with Gasteiger partial charge in [0.2, 0.25) is 5.96 Å². The molecule has 0 aliphatic carbocycles. The van der Waals surface area contributed by atoms with E-state index in [-0.39, 0.29) is 10.9 Å². The molecule has 0 saturated carbocycles. The SMILES string of the molecule is O=S(=O)(NC1=NCN(Cc2cccnc2)CN1)c1ccc(Br)cc1. The molecule has 0 bridgehead atoms. The van der Waals surface area contributed by atoms with Crippen LogP contribution in [-0.2, 0) is 16.6 Å². The van der Waals surface area contributed by atoms with E-state index in [0.717, 1.165) is 10.0 Å². The molecule has 1 aromatic carbocycles. The molecule has 3 rings (SSSR count). The third kappa shape index (κ3) is 4.31. The van der Waals surface area contributed by atoms with Crippen LogP contribution in [0.25, 0.3) is 0 Å². The van der Waals surface area contributed by atoms with Crippen LogP contribution in [0.15, 0.2) is 63.2 Å². The topological polar surface area (TPSA) is 86.7 Å². The van der Waals surface area contributed by atoms with E-state index >= 15 is 0 Å². The Morgan fingerprint density at radius 2 is 2.04 bits per heavy atom. The van der Waals surface area contributed by atoms with Gasteiger partial charge < -0.3 is 5.32 Å². The van der Waals surface area contributed by atoms with Gasteiger partial charge in [0.05, 0.1) is 18.2 Å². The fraction of sp³-hybridized carbons (Fsp3) is 0.200. The second-order valence-electron chi connectivity index (χ2n) is 5.23. The molecule has 0 amide bonds. The van der Waals surface area contributed by atoms with Crippen LogP contribution in [-0.4, -0.2) is 37.6 Å². The summed E-state index contributed by atoms with van der Waals surface area (Å²) in [5, 5.41) is 2.98. The highest BCUT2D eigenvalue weighted by Gasteiger charge is 2.19. The third-order valence-electron chi connectivity index (χ3n) is 3.38. The van der Waals surface area contributed by atoms with E-state index < -0.39 is 10.0 Å². The minimum absolute atomic E-state index is 0.188. The molecule has 2 aromatic rings. The summed E-state index contributed by atoms with van der Waals surface area (Å²) >= 11 is 3.28. The molecule has 1 aliphatic rings. The van der Waals surface area contributed by atoms with Crippen molar-refractivity contribution in [3.8, 4) is 0 Å². The molecular weight excluding hydrogens is 394 g/mol. The third-order valence-corrected chi connectivity index (χ3v) is 5.27. The lowest BCUT2D eigenvalue weighted by molar-refractivity contribution is 0.255. The van der Waals surface area contributed by atoms with Gasteiger partial charge in [-0.15, -0.1) is 0 Å². The average Bonchev–Trinajstić information content (AvgIpc) is 2.58. The van der Waals surface area contributed by atoms with Gasteiger partial charge in [0.15, 0.2) is 0 Å². The first-order valence-electron chi connectivity index (χ1n) is 7.21. The van der Waals surface area contributed by atoms with E-state index in [9.17, 15) is 8.42 Å². The second kappa shape index (κ2) is 7.29. The number of hydrogen-bond acceptors (Lipinski definition) is 6. The maximum atomic E-state index is 12.3. The molecule has 1 aliphatic heterocycles. The Bertz CT molecular complexity index is 825. The summed E-state index contributed by atoms with van der Waals surface area (Å²) < 4.78 is 27.9. The molecule has 24 heavy (non-hydrogen) atoms. The van der Waals surface area contributed by atoms with Gasteiger partial charge in [-0.05, 0) is 35.9 Å². The Morgan fingerprint density at radius 1 is 1.25 bits per heavy atom. The van der Waals surface area contributed by atoms with Crippen LogP contribution in [0.3, 0.4) is 0 Å². The number of guanidine groups is 1. The van der Waals surface area contributed by atoms with Crippen molar-refractivity contribution in [3.05, 3.63) is 58.8 Å². The van der Waals surface area contributed by atoms with Crippen molar-refractivity contribution in [1.82, 2.24) is 19.9 Å². The fourth-order valence-electron chi connectivity index (χ4n) is 2.19. The van der Waals surface area contributed by atoms with E-state index in [2.05, 4.69) is 35.9 Å². The minimum atomic E-state index is -3.65. The first-order valence-corrected chi connectivity index (χ1v) is 9.48. The van der Waals surface area contributed by atoms with Crippen molar-refractivity contribution in [2.75, 3.05) is 13.3 Å². The van der Waals surface area contributed by atoms with Gasteiger partial charge in [0.25, 0.3) is 10.0 Å². The number of aromatic nitrogens is 1. The quantitative estimate of drug-likeness (QED) is 0.798. The predicted molar refractivity (Wildman–Crippen MR) is 94.5 cm³/mol. The molecule has 0 spiro atoms. The summed E-state index contributed by atoms with van der Waals surface area (Å²) in [7, 11) is -3.65. The highest BCUT2D eigenvalue weighted by Crippen LogP contribution is 2.14. The number of hydrogen-bond donors (Lipinski definition) is 2. The normalized spacial score (nSPS) is 15.5. The van der Waals surface area contributed by atoms with Gasteiger partial charge >= 0.3 is 0 Å².